The normalized spacial score (nSPS) is 10.5. The number of rotatable bonds is 1. The van der Waals surface area contributed by atoms with Crippen molar-refractivity contribution >= 4 is 16.9 Å². The summed E-state index contributed by atoms with van der Waals surface area (Å²) in [5.74, 6) is -0.892. The highest BCUT2D eigenvalue weighted by molar-refractivity contribution is 6.03. The summed E-state index contributed by atoms with van der Waals surface area (Å²) in [6.45, 7) is 1.95. The van der Waals surface area contributed by atoms with Crippen LogP contribution in [0.5, 0.6) is 0 Å². The van der Waals surface area contributed by atoms with Gasteiger partial charge in [-0.3, -0.25) is 0 Å². The Hall–Kier alpha value is -1.77. The molecule has 0 bridgehead atoms. The molecule has 0 aliphatic carbocycles. The van der Waals surface area contributed by atoms with Crippen molar-refractivity contribution < 1.29 is 9.90 Å². The number of hydrogen-bond acceptors (Lipinski definition) is 1. The molecule has 0 amide bonds. The van der Waals surface area contributed by atoms with Crippen molar-refractivity contribution in [1.29, 1.82) is 0 Å². The third-order valence-electron chi connectivity index (χ3n) is 2.15. The predicted molar refractivity (Wildman–Crippen MR) is 50.0 cm³/mol. The van der Waals surface area contributed by atoms with Crippen LogP contribution >= 0.6 is 0 Å². The highest BCUT2D eigenvalue weighted by Gasteiger charge is 2.10. The summed E-state index contributed by atoms with van der Waals surface area (Å²) in [5, 5.41) is 9.61. The molecule has 0 aliphatic heterocycles. The van der Waals surface area contributed by atoms with Gasteiger partial charge in [0.15, 0.2) is 0 Å². The van der Waals surface area contributed by atoms with E-state index in [1.807, 2.05) is 25.1 Å². The Morgan fingerprint density at radius 1 is 1.46 bits per heavy atom. The van der Waals surface area contributed by atoms with Gasteiger partial charge in [0.2, 0.25) is 0 Å². The molecule has 0 fully saturated rings. The number of carbonyl (C=O) groups is 1. The molecular weight excluding hydrogens is 166 g/mol. The number of hydrogen-bond donors (Lipinski definition) is 2. The third-order valence-corrected chi connectivity index (χ3v) is 2.15. The Morgan fingerprint density at radius 3 is 2.92 bits per heavy atom. The van der Waals surface area contributed by atoms with E-state index in [4.69, 9.17) is 5.11 Å². The summed E-state index contributed by atoms with van der Waals surface area (Å²) in [6.07, 6.45) is 1.53. The maximum Gasteiger partial charge on any atom is 0.337 e. The molecule has 2 rings (SSSR count). The van der Waals surface area contributed by atoms with E-state index >= 15 is 0 Å². The first kappa shape index (κ1) is 7.86. The van der Waals surface area contributed by atoms with Crippen molar-refractivity contribution in [1.82, 2.24) is 4.98 Å². The molecule has 3 heteroatoms. The van der Waals surface area contributed by atoms with E-state index in [1.165, 1.54) is 6.20 Å². The second-order valence-corrected chi connectivity index (χ2v) is 3.00. The fraction of sp³-hybridized carbons (Fsp3) is 0.100. The van der Waals surface area contributed by atoms with Gasteiger partial charge >= 0.3 is 5.97 Å². The van der Waals surface area contributed by atoms with Crippen molar-refractivity contribution in [2.75, 3.05) is 0 Å². The second-order valence-electron chi connectivity index (χ2n) is 3.00. The van der Waals surface area contributed by atoms with Crippen LogP contribution < -0.4 is 0 Å². The lowest BCUT2D eigenvalue weighted by molar-refractivity contribution is 0.0699. The Balaban J connectivity index is 2.83. The average Bonchev–Trinajstić information content (AvgIpc) is 2.48. The number of benzene rings is 1. The van der Waals surface area contributed by atoms with Crippen LogP contribution in [0, 0.1) is 6.92 Å². The van der Waals surface area contributed by atoms with Crippen molar-refractivity contribution in [3.05, 3.63) is 35.5 Å². The zero-order valence-electron chi connectivity index (χ0n) is 7.16. The summed E-state index contributed by atoms with van der Waals surface area (Å²) in [5.41, 5.74) is 2.30. The predicted octanol–water partition coefficient (Wildman–Crippen LogP) is 2.17. The second kappa shape index (κ2) is 2.62. The smallest absolute Gasteiger partial charge is 0.337 e. The maximum atomic E-state index is 10.8. The number of fused-ring (bicyclic) bond motifs is 1. The summed E-state index contributed by atoms with van der Waals surface area (Å²) >= 11 is 0. The number of aromatic carboxylic acids is 1. The van der Waals surface area contributed by atoms with E-state index in [-0.39, 0.29) is 0 Å². The number of carboxylic acids is 1. The van der Waals surface area contributed by atoms with Crippen LogP contribution in [0.3, 0.4) is 0 Å². The lowest BCUT2D eigenvalue weighted by atomic mass is 10.1. The van der Waals surface area contributed by atoms with E-state index in [0.29, 0.717) is 5.56 Å². The third kappa shape index (κ3) is 1.09. The fourth-order valence-corrected chi connectivity index (χ4v) is 1.48. The van der Waals surface area contributed by atoms with Gasteiger partial charge in [-0.15, -0.1) is 0 Å². The van der Waals surface area contributed by atoms with Gasteiger partial charge < -0.3 is 10.1 Å². The van der Waals surface area contributed by atoms with Gasteiger partial charge in [-0.25, -0.2) is 4.79 Å². The number of aryl methyl sites for hydroxylation is 1. The van der Waals surface area contributed by atoms with E-state index in [2.05, 4.69) is 4.98 Å². The molecule has 1 aromatic heterocycles. The first-order chi connectivity index (χ1) is 6.20. The number of aromatic amines is 1. The van der Waals surface area contributed by atoms with Crippen LogP contribution in [0.2, 0.25) is 0 Å². The van der Waals surface area contributed by atoms with E-state index in [9.17, 15) is 4.79 Å². The molecule has 2 aromatic rings. The number of para-hydroxylation sites is 1. The maximum absolute atomic E-state index is 10.8. The Kier molecular flexibility index (Phi) is 1.59. The van der Waals surface area contributed by atoms with Gasteiger partial charge in [-0.05, 0) is 12.5 Å². The number of aromatic nitrogens is 1. The lowest BCUT2D eigenvalue weighted by Gasteiger charge is -1.94. The van der Waals surface area contributed by atoms with Gasteiger partial charge in [0, 0.05) is 17.1 Å². The van der Waals surface area contributed by atoms with Crippen LogP contribution in [0.15, 0.2) is 24.4 Å². The first-order valence-corrected chi connectivity index (χ1v) is 4.00. The van der Waals surface area contributed by atoms with Crippen LogP contribution in [-0.2, 0) is 0 Å². The summed E-state index contributed by atoms with van der Waals surface area (Å²) in [4.78, 5) is 13.7. The molecule has 0 saturated heterocycles. The molecule has 1 aromatic carbocycles. The molecule has 0 radical (unpaired) electrons. The minimum absolute atomic E-state index is 0.332. The molecule has 0 spiro atoms. The molecule has 0 atom stereocenters. The lowest BCUT2D eigenvalue weighted by Crippen LogP contribution is -1.93. The highest BCUT2D eigenvalue weighted by atomic mass is 16.4. The van der Waals surface area contributed by atoms with Gasteiger partial charge in [0.25, 0.3) is 0 Å². The zero-order chi connectivity index (χ0) is 9.42. The minimum atomic E-state index is -0.892. The molecule has 13 heavy (non-hydrogen) atoms. The fourth-order valence-electron chi connectivity index (χ4n) is 1.48. The Morgan fingerprint density at radius 2 is 2.23 bits per heavy atom. The van der Waals surface area contributed by atoms with Crippen LogP contribution in [-0.4, -0.2) is 16.1 Å². The zero-order valence-corrected chi connectivity index (χ0v) is 7.16. The SMILES string of the molecule is Cc1cccc2c(C(=O)O)c[nH]c12. The van der Waals surface area contributed by atoms with Crippen LogP contribution in [0.1, 0.15) is 15.9 Å². The number of nitrogens with one attached hydrogen (secondary N) is 1. The number of H-pyrrole nitrogens is 1. The summed E-state index contributed by atoms with van der Waals surface area (Å²) in [6, 6.07) is 5.62. The van der Waals surface area contributed by atoms with E-state index < -0.39 is 5.97 Å². The largest absolute Gasteiger partial charge is 0.478 e. The van der Waals surface area contributed by atoms with E-state index in [1.54, 1.807) is 0 Å². The first-order valence-electron chi connectivity index (χ1n) is 4.00. The number of carboxylic acid groups (broad SMARTS) is 1. The topological polar surface area (TPSA) is 53.1 Å². The van der Waals surface area contributed by atoms with Gasteiger partial charge in [0.05, 0.1) is 5.56 Å². The van der Waals surface area contributed by atoms with Crippen molar-refractivity contribution in [3.63, 3.8) is 0 Å². The minimum Gasteiger partial charge on any atom is -0.478 e. The Bertz CT molecular complexity index is 471. The highest BCUT2D eigenvalue weighted by Crippen LogP contribution is 2.20. The average molecular weight is 175 g/mol. The summed E-state index contributed by atoms with van der Waals surface area (Å²) < 4.78 is 0. The van der Waals surface area contributed by atoms with Gasteiger partial charge in [0.1, 0.15) is 0 Å². The summed E-state index contributed by atoms with van der Waals surface area (Å²) in [7, 11) is 0. The molecule has 0 unspecified atom stereocenters. The van der Waals surface area contributed by atoms with Crippen molar-refractivity contribution in [2.24, 2.45) is 0 Å². The van der Waals surface area contributed by atoms with Crippen molar-refractivity contribution in [2.45, 2.75) is 6.92 Å². The molecular formula is C10H9NO2. The standard InChI is InChI=1S/C10H9NO2/c1-6-3-2-4-7-8(10(12)13)5-11-9(6)7/h2-5,11H,1H3,(H,12,13). The molecule has 0 saturated carbocycles. The van der Waals surface area contributed by atoms with Crippen LogP contribution in [0.25, 0.3) is 10.9 Å². The quantitative estimate of drug-likeness (QED) is 0.697. The monoisotopic (exact) mass is 175 g/mol. The molecule has 66 valence electrons. The Labute approximate surface area is 75.0 Å². The van der Waals surface area contributed by atoms with Crippen molar-refractivity contribution in [3.8, 4) is 0 Å². The molecule has 0 aliphatic rings. The molecule has 1 heterocycles. The van der Waals surface area contributed by atoms with Gasteiger partial charge in [-0.1, -0.05) is 18.2 Å². The molecule has 2 N–H and O–H groups in total. The van der Waals surface area contributed by atoms with Gasteiger partial charge in [-0.2, -0.15) is 0 Å². The van der Waals surface area contributed by atoms with E-state index in [0.717, 1.165) is 16.5 Å². The van der Waals surface area contributed by atoms with Crippen LogP contribution in [0.4, 0.5) is 0 Å². The molecule has 3 nitrogen and oxygen atoms in total.